The van der Waals surface area contributed by atoms with Crippen LogP contribution in [-0.2, 0) is 6.54 Å². The van der Waals surface area contributed by atoms with E-state index in [1.807, 2.05) is 6.92 Å². The molecule has 1 unspecified atom stereocenters. The van der Waals surface area contributed by atoms with Crippen molar-refractivity contribution < 1.29 is 14.7 Å². The van der Waals surface area contributed by atoms with E-state index in [0.717, 1.165) is 0 Å². The number of hydrogen-bond acceptors (Lipinski definition) is 4. The monoisotopic (exact) mass is 281 g/mol. The predicted octanol–water partition coefficient (Wildman–Crippen LogP) is 0.416. The number of amides is 2. The molecule has 2 amide bonds. The van der Waals surface area contributed by atoms with Crippen LogP contribution in [-0.4, -0.2) is 56.6 Å². The topological polar surface area (TPSA) is 100 Å². The second kappa shape index (κ2) is 5.89. The molecule has 1 aliphatic rings. The van der Waals surface area contributed by atoms with Crippen molar-refractivity contribution in [1.29, 1.82) is 0 Å². The quantitative estimate of drug-likeness (QED) is 0.787. The molecule has 0 spiro atoms. The molecule has 1 fully saturated rings. The van der Waals surface area contributed by atoms with E-state index in [-0.39, 0.29) is 17.8 Å². The standard InChI is InChI=1S/C12H19N5O3/c1-8(9-3-4-9)16(2)12(20)13-5-6-17-7-10(11(18)19)14-15-17/h7-9H,3-6H2,1-2H3,(H,13,20)(H,18,19). The highest BCUT2D eigenvalue weighted by atomic mass is 16.4. The lowest BCUT2D eigenvalue weighted by molar-refractivity contribution is 0.0690. The van der Waals surface area contributed by atoms with Gasteiger partial charge in [0.05, 0.1) is 12.7 Å². The van der Waals surface area contributed by atoms with Crippen LogP contribution >= 0.6 is 0 Å². The molecule has 8 heteroatoms. The van der Waals surface area contributed by atoms with Crippen molar-refractivity contribution in [2.24, 2.45) is 5.92 Å². The van der Waals surface area contributed by atoms with E-state index in [9.17, 15) is 9.59 Å². The summed E-state index contributed by atoms with van der Waals surface area (Å²) < 4.78 is 1.40. The van der Waals surface area contributed by atoms with Gasteiger partial charge in [0.25, 0.3) is 0 Å². The summed E-state index contributed by atoms with van der Waals surface area (Å²) in [5.41, 5.74) is -0.101. The Morgan fingerprint density at radius 2 is 2.30 bits per heavy atom. The Kier molecular flexibility index (Phi) is 4.21. The number of carbonyl (C=O) groups excluding carboxylic acids is 1. The second-order valence-corrected chi connectivity index (χ2v) is 5.09. The van der Waals surface area contributed by atoms with Crippen LogP contribution in [0.15, 0.2) is 6.20 Å². The van der Waals surface area contributed by atoms with Crippen LogP contribution < -0.4 is 5.32 Å². The fourth-order valence-electron chi connectivity index (χ4n) is 1.99. The summed E-state index contributed by atoms with van der Waals surface area (Å²) in [4.78, 5) is 24.2. The van der Waals surface area contributed by atoms with E-state index < -0.39 is 5.97 Å². The molecule has 1 saturated carbocycles. The van der Waals surface area contributed by atoms with Crippen LogP contribution in [0.25, 0.3) is 0 Å². The summed E-state index contributed by atoms with van der Waals surface area (Å²) in [5, 5.41) is 18.7. The summed E-state index contributed by atoms with van der Waals surface area (Å²) >= 11 is 0. The number of carbonyl (C=O) groups is 2. The van der Waals surface area contributed by atoms with E-state index in [2.05, 4.69) is 15.6 Å². The summed E-state index contributed by atoms with van der Waals surface area (Å²) in [5.74, 6) is -0.488. The first-order chi connectivity index (χ1) is 9.49. The SMILES string of the molecule is CC(C1CC1)N(C)C(=O)NCCn1cc(C(=O)O)nn1. The van der Waals surface area contributed by atoms with Crippen molar-refractivity contribution in [2.45, 2.75) is 32.4 Å². The van der Waals surface area contributed by atoms with Gasteiger partial charge in [0.1, 0.15) is 0 Å². The number of urea groups is 1. The van der Waals surface area contributed by atoms with E-state index >= 15 is 0 Å². The van der Waals surface area contributed by atoms with Crippen molar-refractivity contribution in [1.82, 2.24) is 25.2 Å². The lowest BCUT2D eigenvalue weighted by Crippen LogP contribution is -2.44. The van der Waals surface area contributed by atoms with Gasteiger partial charge in [-0.05, 0) is 25.7 Å². The molecule has 2 rings (SSSR count). The molecule has 1 atom stereocenters. The van der Waals surface area contributed by atoms with Crippen LogP contribution in [0.2, 0.25) is 0 Å². The van der Waals surface area contributed by atoms with Crippen LogP contribution in [0.4, 0.5) is 4.79 Å². The van der Waals surface area contributed by atoms with Crippen LogP contribution in [0.5, 0.6) is 0 Å². The molecular formula is C12H19N5O3. The summed E-state index contributed by atoms with van der Waals surface area (Å²) in [6, 6.07) is 0.128. The van der Waals surface area contributed by atoms with Crippen molar-refractivity contribution in [3.05, 3.63) is 11.9 Å². The number of nitrogens with zero attached hydrogens (tertiary/aromatic N) is 4. The number of rotatable bonds is 6. The van der Waals surface area contributed by atoms with Gasteiger partial charge in [-0.3, -0.25) is 0 Å². The molecule has 0 bridgehead atoms. The highest BCUT2D eigenvalue weighted by molar-refractivity contribution is 5.84. The molecule has 1 heterocycles. The number of carboxylic acids is 1. The average Bonchev–Trinajstić information content (AvgIpc) is 3.16. The Bertz CT molecular complexity index is 497. The first-order valence-corrected chi connectivity index (χ1v) is 6.63. The maximum Gasteiger partial charge on any atom is 0.358 e. The fourth-order valence-corrected chi connectivity index (χ4v) is 1.99. The maximum atomic E-state index is 11.9. The lowest BCUT2D eigenvalue weighted by Gasteiger charge is -2.25. The maximum absolute atomic E-state index is 11.9. The third kappa shape index (κ3) is 3.46. The van der Waals surface area contributed by atoms with Gasteiger partial charge in [0, 0.05) is 19.6 Å². The zero-order valence-corrected chi connectivity index (χ0v) is 11.6. The molecule has 0 radical (unpaired) electrons. The minimum absolute atomic E-state index is 0.101. The first kappa shape index (κ1) is 14.3. The van der Waals surface area contributed by atoms with Gasteiger partial charge in [-0.25, -0.2) is 14.3 Å². The molecular weight excluding hydrogens is 262 g/mol. The van der Waals surface area contributed by atoms with E-state index in [1.165, 1.54) is 23.7 Å². The van der Waals surface area contributed by atoms with Crippen LogP contribution in [0.1, 0.15) is 30.3 Å². The van der Waals surface area contributed by atoms with Gasteiger partial charge in [0.15, 0.2) is 5.69 Å². The van der Waals surface area contributed by atoms with E-state index in [0.29, 0.717) is 19.0 Å². The van der Waals surface area contributed by atoms with Crippen molar-refractivity contribution >= 4 is 12.0 Å². The molecule has 0 aliphatic heterocycles. The largest absolute Gasteiger partial charge is 0.476 e. The number of carboxylic acid groups (broad SMARTS) is 1. The minimum Gasteiger partial charge on any atom is -0.476 e. The number of aromatic nitrogens is 3. The van der Waals surface area contributed by atoms with Gasteiger partial charge >= 0.3 is 12.0 Å². The van der Waals surface area contributed by atoms with Gasteiger partial charge in [-0.15, -0.1) is 5.10 Å². The number of nitrogens with one attached hydrogen (secondary N) is 1. The summed E-state index contributed by atoms with van der Waals surface area (Å²) in [6.45, 7) is 2.81. The highest BCUT2D eigenvalue weighted by Gasteiger charge is 2.32. The first-order valence-electron chi connectivity index (χ1n) is 6.63. The van der Waals surface area contributed by atoms with Crippen LogP contribution in [0.3, 0.4) is 0 Å². The second-order valence-electron chi connectivity index (χ2n) is 5.09. The van der Waals surface area contributed by atoms with Gasteiger partial charge in [0.2, 0.25) is 0 Å². The predicted molar refractivity (Wildman–Crippen MR) is 70.3 cm³/mol. The molecule has 20 heavy (non-hydrogen) atoms. The Morgan fingerprint density at radius 1 is 1.60 bits per heavy atom. The number of aromatic carboxylic acids is 1. The third-order valence-electron chi connectivity index (χ3n) is 3.61. The fraction of sp³-hybridized carbons (Fsp3) is 0.667. The lowest BCUT2D eigenvalue weighted by atomic mass is 10.2. The smallest absolute Gasteiger partial charge is 0.358 e. The number of hydrogen-bond donors (Lipinski definition) is 2. The molecule has 8 nitrogen and oxygen atoms in total. The third-order valence-corrected chi connectivity index (χ3v) is 3.61. The zero-order valence-electron chi connectivity index (χ0n) is 11.6. The van der Waals surface area contributed by atoms with E-state index in [4.69, 9.17) is 5.11 Å². The molecule has 2 N–H and O–H groups in total. The normalized spacial score (nSPS) is 15.7. The van der Waals surface area contributed by atoms with Crippen molar-refractivity contribution in [3.63, 3.8) is 0 Å². The Balaban J connectivity index is 1.74. The van der Waals surface area contributed by atoms with E-state index in [1.54, 1.807) is 11.9 Å². The highest BCUT2D eigenvalue weighted by Crippen LogP contribution is 2.34. The molecule has 1 aromatic rings. The summed E-state index contributed by atoms with van der Waals surface area (Å²) in [7, 11) is 1.79. The van der Waals surface area contributed by atoms with Crippen molar-refractivity contribution in [3.8, 4) is 0 Å². The molecule has 1 aromatic heterocycles. The Hall–Kier alpha value is -2.12. The zero-order chi connectivity index (χ0) is 14.7. The van der Waals surface area contributed by atoms with Gasteiger partial charge in [-0.2, -0.15) is 0 Å². The summed E-state index contributed by atoms with van der Waals surface area (Å²) in [6.07, 6.45) is 3.72. The van der Waals surface area contributed by atoms with Crippen molar-refractivity contribution in [2.75, 3.05) is 13.6 Å². The van der Waals surface area contributed by atoms with Crippen LogP contribution in [0, 0.1) is 5.92 Å². The molecule has 110 valence electrons. The Labute approximate surface area is 116 Å². The average molecular weight is 281 g/mol. The van der Waals surface area contributed by atoms with Gasteiger partial charge < -0.3 is 15.3 Å². The Morgan fingerprint density at radius 3 is 2.85 bits per heavy atom. The molecule has 0 aromatic carbocycles. The minimum atomic E-state index is -1.11. The molecule has 1 aliphatic carbocycles. The van der Waals surface area contributed by atoms with Gasteiger partial charge in [-0.1, -0.05) is 5.21 Å². The molecule has 0 saturated heterocycles.